The van der Waals surface area contributed by atoms with Crippen molar-refractivity contribution >= 4 is 23.4 Å². The van der Waals surface area contributed by atoms with E-state index in [9.17, 15) is 4.39 Å². The van der Waals surface area contributed by atoms with Gasteiger partial charge in [0, 0.05) is 41.9 Å². The van der Waals surface area contributed by atoms with E-state index in [4.69, 9.17) is 14.7 Å². The number of hydrogen-bond acceptors (Lipinski definition) is 9. The van der Waals surface area contributed by atoms with Crippen LogP contribution in [0.1, 0.15) is 26.7 Å². The highest BCUT2D eigenvalue weighted by atomic mass is 19.1. The van der Waals surface area contributed by atoms with E-state index in [1.165, 1.54) is 18.5 Å². The normalized spacial score (nSPS) is 15.4. The second kappa shape index (κ2) is 12.2. The molecule has 2 N–H and O–H groups in total. The van der Waals surface area contributed by atoms with Gasteiger partial charge in [-0.05, 0) is 49.6 Å². The van der Waals surface area contributed by atoms with Crippen LogP contribution in [0.25, 0.3) is 22.0 Å². The maximum absolute atomic E-state index is 14.8. The minimum atomic E-state index is -0.369. The third-order valence-corrected chi connectivity index (χ3v) is 6.17. The third kappa shape index (κ3) is 6.13. The Morgan fingerprint density at radius 3 is 2.69 bits per heavy atom. The molecule has 0 bridgehead atoms. The zero-order valence-corrected chi connectivity index (χ0v) is 20.7. The summed E-state index contributed by atoms with van der Waals surface area (Å²) < 4.78 is 20.1. The minimum Gasteiger partial charge on any atom is -0.475 e. The number of aromatic nitrogens is 3. The number of pyridine rings is 1. The number of aliphatic hydroxyl groups is 1. The number of piperidine rings is 1. The van der Waals surface area contributed by atoms with Crippen LogP contribution in [0.3, 0.4) is 0 Å². The number of ether oxygens (including phenoxy) is 1. The van der Waals surface area contributed by atoms with Crippen molar-refractivity contribution in [1.82, 2.24) is 20.4 Å². The van der Waals surface area contributed by atoms with Crippen LogP contribution in [0.2, 0.25) is 0 Å². The molecule has 1 aliphatic rings. The number of benzene rings is 1. The van der Waals surface area contributed by atoms with Crippen molar-refractivity contribution in [2.24, 2.45) is 16.8 Å². The van der Waals surface area contributed by atoms with E-state index in [1.807, 2.05) is 0 Å². The summed E-state index contributed by atoms with van der Waals surface area (Å²) in [4.78, 5) is 25.3. The minimum absolute atomic E-state index is 0.0951. The second-order valence-corrected chi connectivity index (χ2v) is 9.28. The van der Waals surface area contributed by atoms with Gasteiger partial charge in [0.25, 0.3) is 0 Å². The first-order valence-corrected chi connectivity index (χ1v) is 12.2. The zero-order chi connectivity index (χ0) is 25.5. The Bertz CT molecular complexity index is 1150. The Morgan fingerprint density at radius 2 is 2.03 bits per heavy atom. The van der Waals surface area contributed by atoms with Crippen molar-refractivity contribution in [3.63, 3.8) is 0 Å². The molecule has 3 aromatic rings. The fourth-order valence-electron chi connectivity index (χ4n) is 4.38. The number of anilines is 1. The van der Waals surface area contributed by atoms with Crippen LogP contribution < -0.4 is 15.1 Å². The fraction of sp³-hybridized carbons (Fsp3) is 0.462. The molecule has 1 fully saturated rings. The third-order valence-electron chi connectivity index (χ3n) is 6.17. The summed E-state index contributed by atoms with van der Waals surface area (Å²) in [7, 11) is 0. The molecule has 0 amide bonds. The molecule has 3 heterocycles. The molecule has 0 spiro atoms. The molecule has 0 aliphatic carbocycles. The highest BCUT2D eigenvalue weighted by Gasteiger charge is 2.28. The van der Waals surface area contributed by atoms with E-state index in [0.29, 0.717) is 46.3 Å². The standard InChI is InChI=1S/C26H33FN6O3/c1-17(2)15-36-32-25(28-3)18-6-8-33(9-7-18)26-22-13-20(27)12-21(24(22)30-16-31-26)19-4-5-23(29-14-19)35-11-10-34/h4-5,12-14,16-18,25,32,34H,3,6-11,15H2,1-2H3. The number of aliphatic imine (C=N–C) groups is 1. The van der Waals surface area contributed by atoms with Gasteiger partial charge < -0.3 is 14.7 Å². The average molecular weight is 497 g/mol. The van der Waals surface area contributed by atoms with Gasteiger partial charge in [-0.1, -0.05) is 13.8 Å². The summed E-state index contributed by atoms with van der Waals surface area (Å²) in [6.07, 6.45) is 4.70. The molecule has 1 atom stereocenters. The first-order valence-electron chi connectivity index (χ1n) is 12.2. The summed E-state index contributed by atoms with van der Waals surface area (Å²) in [5.41, 5.74) is 5.06. The molecule has 1 unspecified atom stereocenters. The summed E-state index contributed by atoms with van der Waals surface area (Å²) >= 11 is 0. The smallest absolute Gasteiger partial charge is 0.213 e. The molecule has 1 saturated heterocycles. The average Bonchev–Trinajstić information content (AvgIpc) is 2.89. The van der Waals surface area contributed by atoms with Crippen LogP contribution in [0.4, 0.5) is 10.2 Å². The molecular weight excluding hydrogens is 463 g/mol. The maximum Gasteiger partial charge on any atom is 0.213 e. The molecule has 36 heavy (non-hydrogen) atoms. The van der Waals surface area contributed by atoms with Crippen molar-refractivity contribution in [3.8, 4) is 17.0 Å². The molecule has 192 valence electrons. The second-order valence-electron chi connectivity index (χ2n) is 9.28. The molecule has 0 radical (unpaired) electrons. The highest BCUT2D eigenvalue weighted by molar-refractivity contribution is 5.99. The molecule has 2 aromatic heterocycles. The van der Waals surface area contributed by atoms with E-state index >= 15 is 0 Å². The highest BCUT2D eigenvalue weighted by Crippen LogP contribution is 2.34. The van der Waals surface area contributed by atoms with E-state index in [1.54, 1.807) is 18.3 Å². The number of hydroxylamine groups is 1. The van der Waals surface area contributed by atoms with Crippen molar-refractivity contribution in [2.75, 3.05) is 37.8 Å². The number of nitrogens with zero attached hydrogens (tertiary/aromatic N) is 5. The Labute approximate surface area is 210 Å². The predicted octanol–water partition coefficient (Wildman–Crippen LogP) is 3.62. The van der Waals surface area contributed by atoms with E-state index < -0.39 is 0 Å². The number of rotatable bonds is 11. The topological polar surface area (TPSA) is 105 Å². The summed E-state index contributed by atoms with van der Waals surface area (Å²) in [6.45, 7) is 10.1. The summed E-state index contributed by atoms with van der Waals surface area (Å²) in [5, 5.41) is 9.58. The Hall–Kier alpha value is -3.21. The molecule has 1 aromatic carbocycles. The number of fused-ring (bicyclic) bond motifs is 1. The molecule has 9 nitrogen and oxygen atoms in total. The largest absolute Gasteiger partial charge is 0.475 e. The van der Waals surface area contributed by atoms with Gasteiger partial charge in [-0.15, -0.1) is 0 Å². The number of halogens is 1. The monoisotopic (exact) mass is 496 g/mol. The van der Waals surface area contributed by atoms with Gasteiger partial charge in [0.1, 0.15) is 30.7 Å². The first-order chi connectivity index (χ1) is 17.5. The van der Waals surface area contributed by atoms with Gasteiger partial charge >= 0.3 is 0 Å². The predicted molar refractivity (Wildman–Crippen MR) is 138 cm³/mol. The summed E-state index contributed by atoms with van der Waals surface area (Å²) in [5.74, 6) is 1.44. The van der Waals surface area contributed by atoms with Crippen molar-refractivity contribution < 1.29 is 19.1 Å². The van der Waals surface area contributed by atoms with Crippen molar-refractivity contribution in [2.45, 2.75) is 32.9 Å². The van der Waals surface area contributed by atoms with E-state index in [0.717, 1.165) is 25.9 Å². The molecular formula is C26H33FN6O3. The lowest BCUT2D eigenvalue weighted by molar-refractivity contribution is -0.0128. The Morgan fingerprint density at radius 1 is 1.22 bits per heavy atom. The lowest BCUT2D eigenvalue weighted by Crippen LogP contribution is -2.43. The van der Waals surface area contributed by atoms with Gasteiger partial charge in [0.2, 0.25) is 5.88 Å². The quantitative estimate of drug-likeness (QED) is 0.306. The Balaban J connectivity index is 1.53. The number of hydrogen-bond donors (Lipinski definition) is 2. The summed E-state index contributed by atoms with van der Waals surface area (Å²) in [6, 6.07) is 6.44. The lowest BCUT2D eigenvalue weighted by atomic mass is 9.93. The van der Waals surface area contributed by atoms with Crippen LogP contribution in [-0.2, 0) is 4.84 Å². The zero-order valence-electron chi connectivity index (χ0n) is 20.7. The van der Waals surface area contributed by atoms with Crippen LogP contribution in [0, 0.1) is 17.7 Å². The molecule has 4 rings (SSSR count). The van der Waals surface area contributed by atoms with E-state index in [-0.39, 0.29) is 31.1 Å². The van der Waals surface area contributed by atoms with Gasteiger partial charge in [-0.25, -0.2) is 19.3 Å². The van der Waals surface area contributed by atoms with Gasteiger partial charge in [-0.2, -0.15) is 5.48 Å². The first kappa shape index (κ1) is 25.9. The van der Waals surface area contributed by atoms with Crippen LogP contribution in [0.15, 0.2) is 41.8 Å². The molecule has 0 saturated carbocycles. The molecule has 10 heteroatoms. The van der Waals surface area contributed by atoms with Crippen LogP contribution in [-0.4, -0.2) is 65.9 Å². The van der Waals surface area contributed by atoms with Crippen molar-refractivity contribution in [3.05, 3.63) is 42.6 Å². The van der Waals surface area contributed by atoms with Crippen LogP contribution in [0.5, 0.6) is 5.88 Å². The lowest BCUT2D eigenvalue weighted by Gasteiger charge is -2.35. The van der Waals surface area contributed by atoms with Gasteiger partial charge in [0.15, 0.2) is 0 Å². The SMILES string of the molecule is C=NC(NOCC(C)C)C1CCN(c2ncnc3c(-c4ccc(OCCO)nc4)cc(F)cc23)CC1. The van der Waals surface area contributed by atoms with E-state index in [2.05, 4.69) is 50.9 Å². The molecule has 1 aliphatic heterocycles. The van der Waals surface area contributed by atoms with Gasteiger partial charge in [-0.3, -0.25) is 9.83 Å². The fourth-order valence-corrected chi connectivity index (χ4v) is 4.38. The maximum atomic E-state index is 14.8. The van der Waals surface area contributed by atoms with Crippen molar-refractivity contribution in [1.29, 1.82) is 0 Å². The Kier molecular flexibility index (Phi) is 8.74. The van der Waals surface area contributed by atoms with Crippen LogP contribution >= 0.6 is 0 Å². The number of aliphatic hydroxyl groups excluding tert-OH is 1. The number of nitrogens with one attached hydrogen (secondary N) is 1. The van der Waals surface area contributed by atoms with Gasteiger partial charge in [0.05, 0.1) is 18.7 Å².